The summed E-state index contributed by atoms with van der Waals surface area (Å²) in [6, 6.07) is 2.62. The molecule has 1 aliphatic heterocycles. The number of hydrazine groups is 1. The van der Waals surface area contributed by atoms with Gasteiger partial charge in [0.05, 0.1) is 12.3 Å². The Morgan fingerprint density at radius 1 is 1.56 bits per heavy atom. The molecule has 0 amide bonds. The lowest BCUT2D eigenvalue weighted by molar-refractivity contribution is -0.402. The molecule has 0 atom stereocenters. The number of hydrogen-bond acceptors (Lipinski definition) is 8. The molecule has 1 aromatic heterocycles. The molecule has 0 aromatic carbocycles. The fourth-order valence-corrected chi connectivity index (χ4v) is 1.30. The van der Waals surface area contributed by atoms with E-state index in [1.54, 1.807) is 25.2 Å². The molecular weight excluding hydrogens is 242 g/mol. The predicted molar refractivity (Wildman–Crippen MR) is 60.8 cm³/mol. The van der Waals surface area contributed by atoms with Crippen LogP contribution in [0.5, 0.6) is 0 Å². The maximum Gasteiger partial charge on any atom is 0.433 e. The smallest absolute Gasteiger partial charge is 0.397 e. The maximum atomic E-state index is 10.5. The Bertz CT molecular complexity index is 533. The van der Waals surface area contributed by atoms with Gasteiger partial charge in [-0.2, -0.15) is 4.99 Å². The molecule has 2 heterocycles. The van der Waals surface area contributed by atoms with Gasteiger partial charge in [-0.15, -0.1) is 5.17 Å². The summed E-state index contributed by atoms with van der Waals surface area (Å²) in [6.45, 7) is 0. The van der Waals surface area contributed by atoms with Crippen molar-refractivity contribution in [3.8, 4) is 0 Å². The second-order valence-electron chi connectivity index (χ2n) is 3.68. The van der Waals surface area contributed by atoms with Crippen LogP contribution in [0.15, 0.2) is 33.6 Å². The highest BCUT2D eigenvalue weighted by Gasteiger charge is 2.26. The van der Waals surface area contributed by atoms with E-state index in [-0.39, 0.29) is 23.4 Å². The summed E-state index contributed by atoms with van der Waals surface area (Å²) < 4.78 is 4.98. The number of nitrogens with two attached hydrogens (primary N) is 1. The summed E-state index contributed by atoms with van der Waals surface area (Å²) in [4.78, 5) is 20.7. The molecule has 18 heavy (non-hydrogen) atoms. The van der Waals surface area contributed by atoms with E-state index in [1.807, 2.05) is 0 Å². The number of rotatable bonds is 3. The molecule has 9 nitrogen and oxygen atoms in total. The maximum absolute atomic E-state index is 10.5. The van der Waals surface area contributed by atoms with Gasteiger partial charge >= 0.3 is 5.88 Å². The largest absolute Gasteiger partial charge is 0.433 e. The van der Waals surface area contributed by atoms with Crippen LogP contribution >= 0.6 is 0 Å². The molecule has 0 radical (unpaired) electrons. The number of hydrogen-bond donors (Lipinski definition) is 1. The number of nitro groups is 1. The van der Waals surface area contributed by atoms with Crippen molar-refractivity contribution in [1.29, 1.82) is 0 Å². The zero-order valence-electron chi connectivity index (χ0n) is 9.73. The first-order valence-corrected chi connectivity index (χ1v) is 4.91. The van der Waals surface area contributed by atoms with E-state index in [2.05, 4.69) is 4.99 Å². The number of nitrogens with zero attached hydrogens (tertiary/aromatic N) is 4. The van der Waals surface area contributed by atoms with Crippen LogP contribution in [0, 0.1) is 10.1 Å². The minimum Gasteiger partial charge on any atom is -0.397 e. The first-order valence-electron chi connectivity index (χ1n) is 4.91. The quantitative estimate of drug-likeness (QED) is 0.472. The van der Waals surface area contributed by atoms with Gasteiger partial charge in [0.15, 0.2) is 5.76 Å². The lowest BCUT2D eigenvalue weighted by Gasteiger charge is -2.10. The van der Waals surface area contributed by atoms with Crippen LogP contribution in [0.1, 0.15) is 5.76 Å². The molecule has 0 unspecified atom stereocenters. The van der Waals surface area contributed by atoms with Crippen molar-refractivity contribution in [2.75, 3.05) is 14.1 Å². The van der Waals surface area contributed by atoms with Crippen molar-refractivity contribution in [3.05, 3.63) is 40.1 Å². The van der Waals surface area contributed by atoms with Crippen LogP contribution in [0.2, 0.25) is 0 Å². The fourth-order valence-electron chi connectivity index (χ4n) is 1.30. The lowest BCUT2D eigenvalue weighted by Crippen LogP contribution is -2.33. The Morgan fingerprint density at radius 2 is 2.28 bits per heavy atom. The molecule has 9 heteroatoms. The molecule has 0 fully saturated rings. The zero-order valence-corrected chi connectivity index (χ0v) is 9.73. The van der Waals surface area contributed by atoms with E-state index in [0.717, 1.165) is 5.17 Å². The highest BCUT2D eigenvalue weighted by molar-refractivity contribution is 5.97. The van der Waals surface area contributed by atoms with Gasteiger partial charge in [-0.3, -0.25) is 10.1 Å². The minimum atomic E-state index is -0.642. The third-order valence-electron chi connectivity index (χ3n) is 1.98. The normalized spacial score (nSPS) is 16.7. The molecule has 2 N–H and O–H groups in total. The summed E-state index contributed by atoms with van der Waals surface area (Å²) in [6.07, 6.45) is 1.60. The highest BCUT2D eigenvalue weighted by Crippen LogP contribution is 2.21. The van der Waals surface area contributed by atoms with Crippen molar-refractivity contribution in [2.24, 2.45) is 10.8 Å². The van der Waals surface area contributed by atoms with Crippen molar-refractivity contribution < 1.29 is 14.2 Å². The molecular formula is C9H11N5O4. The standard InChI is InChI=1S/C9H11N5O4/c1-12(2)5-7-11-9(13(10)18-7)6-3-4-8(17-6)14(15)16/h3-5H,10H2,1-2H3. The van der Waals surface area contributed by atoms with Gasteiger partial charge in [0.2, 0.25) is 5.84 Å². The number of furan rings is 1. The summed E-state index contributed by atoms with van der Waals surface area (Å²) in [5.41, 5.74) is 0. The third kappa shape index (κ3) is 2.25. The van der Waals surface area contributed by atoms with E-state index in [9.17, 15) is 10.1 Å². The van der Waals surface area contributed by atoms with Crippen LogP contribution in [0.25, 0.3) is 0 Å². The molecule has 1 aromatic rings. The minimum absolute atomic E-state index is 0.159. The number of hydroxylamine groups is 1. The highest BCUT2D eigenvalue weighted by atomic mass is 16.7. The first kappa shape index (κ1) is 11.9. The number of amidine groups is 1. The van der Waals surface area contributed by atoms with E-state index >= 15 is 0 Å². The van der Waals surface area contributed by atoms with Crippen LogP contribution < -0.4 is 5.84 Å². The third-order valence-corrected chi connectivity index (χ3v) is 1.98. The molecule has 0 aliphatic carbocycles. The molecule has 0 bridgehead atoms. The van der Waals surface area contributed by atoms with Gasteiger partial charge in [-0.05, 0) is 6.07 Å². The van der Waals surface area contributed by atoms with E-state index in [4.69, 9.17) is 15.1 Å². The van der Waals surface area contributed by atoms with Crippen LogP contribution in [0.3, 0.4) is 0 Å². The second-order valence-corrected chi connectivity index (χ2v) is 3.68. The summed E-state index contributed by atoms with van der Waals surface area (Å²) >= 11 is 0. The van der Waals surface area contributed by atoms with Gasteiger partial charge in [-0.25, -0.2) is 5.84 Å². The van der Waals surface area contributed by atoms with Crippen molar-refractivity contribution >= 4 is 11.7 Å². The average Bonchev–Trinajstić information content (AvgIpc) is 2.83. The van der Waals surface area contributed by atoms with E-state index in [0.29, 0.717) is 0 Å². The Kier molecular flexibility index (Phi) is 2.90. The molecule has 0 saturated heterocycles. The van der Waals surface area contributed by atoms with Gasteiger partial charge in [0, 0.05) is 14.1 Å². The molecule has 2 rings (SSSR count). The van der Waals surface area contributed by atoms with E-state index < -0.39 is 4.92 Å². The Morgan fingerprint density at radius 3 is 2.83 bits per heavy atom. The molecule has 0 saturated carbocycles. The number of aliphatic imine (C=N–C) groups is 1. The first-order chi connectivity index (χ1) is 8.47. The van der Waals surface area contributed by atoms with Gasteiger partial charge in [-0.1, -0.05) is 0 Å². The molecule has 1 aliphatic rings. The Labute approximate surface area is 102 Å². The monoisotopic (exact) mass is 253 g/mol. The fraction of sp³-hybridized carbons (Fsp3) is 0.222. The van der Waals surface area contributed by atoms with Crippen LogP contribution in [0.4, 0.5) is 5.88 Å². The van der Waals surface area contributed by atoms with Crippen molar-refractivity contribution in [3.63, 3.8) is 0 Å². The van der Waals surface area contributed by atoms with E-state index in [1.165, 1.54) is 12.1 Å². The lowest BCUT2D eigenvalue weighted by atomic mass is 10.4. The van der Waals surface area contributed by atoms with Crippen molar-refractivity contribution in [1.82, 2.24) is 10.1 Å². The van der Waals surface area contributed by atoms with Crippen LogP contribution in [-0.4, -0.2) is 34.9 Å². The Hall–Kier alpha value is -2.55. The second kappa shape index (κ2) is 4.37. The van der Waals surface area contributed by atoms with Crippen LogP contribution in [-0.2, 0) is 4.84 Å². The van der Waals surface area contributed by atoms with Crippen molar-refractivity contribution in [2.45, 2.75) is 0 Å². The Balaban J connectivity index is 2.29. The van der Waals surface area contributed by atoms with Gasteiger partial charge in [0.1, 0.15) is 4.92 Å². The average molecular weight is 253 g/mol. The summed E-state index contributed by atoms with van der Waals surface area (Å²) in [5, 5.41) is 11.4. The molecule has 96 valence electrons. The topological polar surface area (TPSA) is 110 Å². The zero-order chi connectivity index (χ0) is 13.3. The van der Waals surface area contributed by atoms with Gasteiger partial charge in [0.25, 0.3) is 5.88 Å². The summed E-state index contributed by atoms with van der Waals surface area (Å²) in [7, 11) is 3.59. The SMILES string of the molecule is CN(C)C=C1N=C(c2ccc([N+](=O)[O-])o2)N(N)O1. The summed E-state index contributed by atoms with van der Waals surface area (Å²) in [5.74, 6) is 5.75. The van der Waals surface area contributed by atoms with Gasteiger partial charge < -0.3 is 14.2 Å². The molecule has 0 spiro atoms. The predicted octanol–water partition coefficient (Wildman–Crippen LogP) is 0.416.